The van der Waals surface area contributed by atoms with Crippen LogP contribution in [0.3, 0.4) is 0 Å². The monoisotopic (exact) mass is 226 g/mol. The number of nitrogens with zero attached hydrogens (tertiary/aromatic N) is 1. The van der Waals surface area contributed by atoms with Crippen LogP contribution in [-0.2, 0) is 6.42 Å². The van der Waals surface area contributed by atoms with Gasteiger partial charge in [0.1, 0.15) is 0 Å². The summed E-state index contributed by atoms with van der Waals surface area (Å²) in [6.07, 6.45) is 2.60. The Bertz CT molecular complexity index is 484. The van der Waals surface area contributed by atoms with Crippen molar-refractivity contribution in [3.63, 3.8) is 0 Å². The molecule has 2 heteroatoms. The van der Waals surface area contributed by atoms with E-state index in [1.165, 1.54) is 11.1 Å². The maximum Gasteiger partial charge on any atom is 0.0499 e. The van der Waals surface area contributed by atoms with Crippen LogP contribution in [0.1, 0.15) is 19.5 Å². The van der Waals surface area contributed by atoms with Gasteiger partial charge in [-0.3, -0.25) is 4.98 Å². The first kappa shape index (κ1) is 11.8. The summed E-state index contributed by atoms with van der Waals surface area (Å²) in [6, 6.07) is 14.4. The fourth-order valence-electron chi connectivity index (χ4n) is 1.89. The smallest absolute Gasteiger partial charge is 0.0499 e. The van der Waals surface area contributed by atoms with E-state index in [1.807, 2.05) is 44.3 Å². The number of pyridine rings is 1. The van der Waals surface area contributed by atoms with Crippen LogP contribution < -0.4 is 5.73 Å². The molecule has 0 atom stereocenters. The molecule has 0 fully saturated rings. The maximum atomic E-state index is 6.07. The van der Waals surface area contributed by atoms with E-state index in [9.17, 15) is 0 Å². The Balaban J connectivity index is 2.41. The largest absolute Gasteiger partial charge is 0.325 e. The second kappa shape index (κ2) is 4.68. The molecule has 0 bridgehead atoms. The molecule has 17 heavy (non-hydrogen) atoms. The van der Waals surface area contributed by atoms with Crippen LogP contribution >= 0.6 is 0 Å². The van der Waals surface area contributed by atoms with Gasteiger partial charge in [-0.15, -0.1) is 0 Å². The molecule has 0 saturated heterocycles. The predicted octanol–water partition coefficient (Wildman–Crippen LogP) is 3.03. The molecule has 2 N–H and O–H groups in total. The standard InChI is InChI=1S/C15H18N2/c1-15(2,16)11-14-13(9-6-10-17-14)12-7-4-3-5-8-12/h3-10H,11,16H2,1-2H3. The Morgan fingerprint density at radius 3 is 2.41 bits per heavy atom. The summed E-state index contributed by atoms with van der Waals surface area (Å²) in [5, 5.41) is 0. The van der Waals surface area contributed by atoms with Crippen molar-refractivity contribution in [1.82, 2.24) is 4.98 Å². The molecule has 2 nitrogen and oxygen atoms in total. The third kappa shape index (κ3) is 3.14. The Kier molecular flexibility index (Phi) is 3.25. The molecular formula is C15H18N2. The van der Waals surface area contributed by atoms with E-state index >= 15 is 0 Å². The number of benzene rings is 1. The number of rotatable bonds is 3. The first-order valence-corrected chi connectivity index (χ1v) is 5.84. The predicted molar refractivity (Wildman–Crippen MR) is 71.6 cm³/mol. The van der Waals surface area contributed by atoms with Crippen LogP contribution in [0.2, 0.25) is 0 Å². The van der Waals surface area contributed by atoms with Gasteiger partial charge < -0.3 is 5.73 Å². The minimum atomic E-state index is -0.238. The highest BCUT2D eigenvalue weighted by molar-refractivity contribution is 5.65. The van der Waals surface area contributed by atoms with Crippen molar-refractivity contribution in [3.05, 3.63) is 54.4 Å². The summed E-state index contributed by atoms with van der Waals surface area (Å²) < 4.78 is 0. The lowest BCUT2D eigenvalue weighted by atomic mass is 9.94. The van der Waals surface area contributed by atoms with E-state index in [-0.39, 0.29) is 5.54 Å². The van der Waals surface area contributed by atoms with Crippen LogP contribution in [0.5, 0.6) is 0 Å². The van der Waals surface area contributed by atoms with Crippen molar-refractivity contribution in [2.75, 3.05) is 0 Å². The van der Waals surface area contributed by atoms with Crippen molar-refractivity contribution in [2.45, 2.75) is 25.8 Å². The maximum absolute atomic E-state index is 6.07. The van der Waals surface area contributed by atoms with E-state index in [2.05, 4.69) is 23.2 Å². The molecule has 88 valence electrons. The van der Waals surface area contributed by atoms with Gasteiger partial charge in [0.25, 0.3) is 0 Å². The van der Waals surface area contributed by atoms with Crippen molar-refractivity contribution >= 4 is 0 Å². The van der Waals surface area contributed by atoms with E-state index in [1.54, 1.807) is 0 Å². The second-order valence-corrected chi connectivity index (χ2v) is 5.03. The van der Waals surface area contributed by atoms with Gasteiger partial charge in [-0.2, -0.15) is 0 Å². The lowest BCUT2D eigenvalue weighted by Crippen LogP contribution is -2.34. The summed E-state index contributed by atoms with van der Waals surface area (Å²) in [6.45, 7) is 4.05. The third-order valence-electron chi connectivity index (χ3n) is 2.60. The SMILES string of the molecule is CC(C)(N)Cc1ncccc1-c1ccccc1. The van der Waals surface area contributed by atoms with Crippen LogP contribution in [0.4, 0.5) is 0 Å². The minimum Gasteiger partial charge on any atom is -0.325 e. The van der Waals surface area contributed by atoms with Gasteiger partial charge in [-0.1, -0.05) is 36.4 Å². The highest BCUT2D eigenvalue weighted by Crippen LogP contribution is 2.24. The first-order valence-electron chi connectivity index (χ1n) is 5.84. The van der Waals surface area contributed by atoms with Crippen LogP contribution in [0.25, 0.3) is 11.1 Å². The summed E-state index contributed by atoms with van der Waals surface area (Å²) in [7, 11) is 0. The van der Waals surface area contributed by atoms with Gasteiger partial charge in [0, 0.05) is 29.4 Å². The fraction of sp³-hybridized carbons (Fsp3) is 0.267. The summed E-state index contributed by atoms with van der Waals surface area (Å²) in [4.78, 5) is 4.46. The fourth-order valence-corrected chi connectivity index (χ4v) is 1.89. The number of nitrogens with two attached hydrogens (primary N) is 1. The average molecular weight is 226 g/mol. The van der Waals surface area contributed by atoms with Gasteiger partial charge >= 0.3 is 0 Å². The van der Waals surface area contributed by atoms with Crippen LogP contribution in [0.15, 0.2) is 48.7 Å². The second-order valence-electron chi connectivity index (χ2n) is 5.03. The molecule has 2 rings (SSSR count). The van der Waals surface area contributed by atoms with E-state index in [0.717, 1.165) is 12.1 Å². The molecule has 1 aromatic carbocycles. The van der Waals surface area contributed by atoms with E-state index in [0.29, 0.717) is 0 Å². The Labute approximate surface area is 103 Å². The number of hydrogen-bond acceptors (Lipinski definition) is 2. The highest BCUT2D eigenvalue weighted by atomic mass is 14.7. The van der Waals surface area contributed by atoms with Gasteiger partial charge in [-0.25, -0.2) is 0 Å². The molecule has 0 aliphatic heterocycles. The number of hydrogen-bond donors (Lipinski definition) is 1. The molecule has 0 unspecified atom stereocenters. The Hall–Kier alpha value is -1.67. The zero-order chi connectivity index (χ0) is 12.3. The van der Waals surface area contributed by atoms with Crippen LogP contribution in [-0.4, -0.2) is 10.5 Å². The molecule has 1 heterocycles. The molecule has 0 radical (unpaired) electrons. The van der Waals surface area contributed by atoms with E-state index < -0.39 is 0 Å². The highest BCUT2D eigenvalue weighted by Gasteiger charge is 2.15. The van der Waals surface area contributed by atoms with Crippen LogP contribution in [0, 0.1) is 0 Å². The van der Waals surface area contributed by atoms with Gasteiger partial charge in [0.2, 0.25) is 0 Å². The van der Waals surface area contributed by atoms with E-state index in [4.69, 9.17) is 5.73 Å². The lowest BCUT2D eigenvalue weighted by molar-refractivity contribution is 0.511. The van der Waals surface area contributed by atoms with Crippen molar-refractivity contribution < 1.29 is 0 Å². The van der Waals surface area contributed by atoms with Crippen molar-refractivity contribution in [2.24, 2.45) is 5.73 Å². The molecule has 0 aliphatic carbocycles. The molecular weight excluding hydrogens is 208 g/mol. The molecule has 0 spiro atoms. The Morgan fingerprint density at radius 1 is 1.06 bits per heavy atom. The minimum absolute atomic E-state index is 0.238. The van der Waals surface area contributed by atoms with Gasteiger partial charge in [-0.05, 0) is 25.5 Å². The zero-order valence-electron chi connectivity index (χ0n) is 10.4. The molecule has 2 aromatic rings. The molecule has 0 aliphatic rings. The first-order chi connectivity index (χ1) is 8.06. The average Bonchev–Trinajstić information content (AvgIpc) is 2.29. The third-order valence-corrected chi connectivity index (χ3v) is 2.60. The number of aromatic nitrogens is 1. The van der Waals surface area contributed by atoms with Crippen molar-refractivity contribution in [3.8, 4) is 11.1 Å². The van der Waals surface area contributed by atoms with Crippen molar-refractivity contribution in [1.29, 1.82) is 0 Å². The zero-order valence-corrected chi connectivity index (χ0v) is 10.4. The summed E-state index contributed by atoms with van der Waals surface area (Å²) in [5.74, 6) is 0. The van der Waals surface area contributed by atoms with Gasteiger partial charge in [0.05, 0.1) is 0 Å². The summed E-state index contributed by atoms with van der Waals surface area (Å²) in [5.41, 5.74) is 9.26. The normalized spacial score (nSPS) is 11.5. The molecule has 0 amide bonds. The van der Waals surface area contributed by atoms with Gasteiger partial charge in [0.15, 0.2) is 0 Å². The summed E-state index contributed by atoms with van der Waals surface area (Å²) >= 11 is 0. The Morgan fingerprint density at radius 2 is 1.76 bits per heavy atom. The topological polar surface area (TPSA) is 38.9 Å². The molecule has 0 saturated carbocycles. The quantitative estimate of drug-likeness (QED) is 0.873. The molecule has 1 aromatic heterocycles. The lowest BCUT2D eigenvalue weighted by Gasteiger charge is -2.19.